The van der Waals surface area contributed by atoms with Gasteiger partial charge in [0.25, 0.3) is 0 Å². The van der Waals surface area contributed by atoms with Gasteiger partial charge in [0.2, 0.25) is 0 Å². The van der Waals surface area contributed by atoms with Gasteiger partial charge in [0.1, 0.15) is 6.61 Å². The largest absolute Gasteiger partial charge is 0.481 e. The van der Waals surface area contributed by atoms with Crippen molar-refractivity contribution >= 4 is 17.8 Å². The normalized spacial score (nSPS) is 29.8. The van der Waals surface area contributed by atoms with Gasteiger partial charge in [0.15, 0.2) is 0 Å². The third-order valence-electron chi connectivity index (χ3n) is 7.17. The van der Waals surface area contributed by atoms with E-state index in [1.165, 1.54) is 11.1 Å². The Morgan fingerprint density at radius 3 is 2.66 bits per heavy atom. The van der Waals surface area contributed by atoms with Crippen LogP contribution in [0.25, 0.3) is 6.08 Å². The summed E-state index contributed by atoms with van der Waals surface area (Å²) in [6.07, 6.45) is 6.76. The zero-order valence-electron chi connectivity index (χ0n) is 18.1. The van der Waals surface area contributed by atoms with Crippen LogP contribution < -0.4 is 0 Å². The smallest absolute Gasteiger partial charge is 0.309 e. The van der Waals surface area contributed by atoms with Crippen molar-refractivity contribution in [2.24, 2.45) is 16.5 Å². The van der Waals surface area contributed by atoms with E-state index in [4.69, 9.17) is 4.84 Å². The average Bonchev–Trinajstić information content (AvgIpc) is 2.68. The summed E-state index contributed by atoms with van der Waals surface area (Å²) in [4.78, 5) is 17.8. The standard InChI is InChI=1S/C25H33NO3/c1-7-12-29-26-21-15-22-24(5,10-9-11-25(22,6)23(27)28)20-13-17(8-2)18(16(3)4)14-19(20)21/h7-8,13-14,16,22H,1-2,9-12,15H2,3-6H3,(H,27,28)/b26-21+/t22?,24-,25-/m1/s1. The van der Waals surface area contributed by atoms with Crippen molar-refractivity contribution in [1.82, 2.24) is 0 Å². The Hall–Kier alpha value is -2.36. The lowest BCUT2D eigenvalue weighted by Crippen LogP contribution is -2.53. The van der Waals surface area contributed by atoms with Gasteiger partial charge in [0, 0.05) is 5.56 Å². The van der Waals surface area contributed by atoms with Crippen molar-refractivity contribution in [3.8, 4) is 0 Å². The van der Waals surface area contributed by atoms with Crippen LogP contribution in [0.1, 0.15) is 81.5 Å². The minimum absolute atomic E-state index is 0.0394. The van der Waals surface area contributed by atoms with Crippen LogP contribution in [0.4, 0.5) is 0 Å². The second-order valence-electron chi connectivity index (χ2n) is 9.26. The van der Waals surface area contributed by atoms with Crippen LogP contribution in [0.3, 0.4) is 0 Å². The molecule has 29 heavy (non-hydrogen) atoms. The fraction of sp³-hybridized carbons (Fsp3) is 0.520. The SMILES string of the molecule is C=CCO/N=C1\CC2[C@](C)(C(=O)O)CCC[C@]2(C)c2cc(C=C)c(C(C)C)cc21. The van der Waals surface area contributed by atoms with Gasteiger partial charge in [-0.3, -0.25) is 4.79 Å². The summed E-state index contributed by atoms with van der Waals surface area (Å²) in [7, 11) is 0. The van der Waals surface area contributed by atoms with E-state index in [0.717, 1.165) is 29.7 Å². The second-order valence-corrected chi connectivity index (χ2v) is 9.26. The molecule has 0 radical (unpaired) electrons. The van der Waals surface area contributed by atoms with Crippen LogP contribution >= 0.6 is 0 Å². The van der Waals surface area contributed by atoms with Crippen LogP contribution in [-0.4, -0.2) is 23.4 Å². The van der Waals surface area contributed by atoms with Gasteiger partial charge >= 0.3 is 5.97 Å². The molecule has 3 rings (SSSR count). The lowest BCUT2D eigenvalue weighted by Gasteiger charge is -2.53. The number of carboxylic acid groups (broad SMARTS) is 1. The highest BCUT2D eigenvalue weighted by atomic mass is 16.6. The minimum Gasteiger partial charge on any atom is -0.481 e. The van der Waals surface area contributed by atoms with E-state index in [1.54, 1.807) is 6.08 Å². The number of benzene rings is 1. The molecule has 4 nitrogen and oxygen atoms in total. The highest BCUT2D eigenvalue weighted by molar-refractivity contribution is 6.04. The van der Waals surface area contributed by atoms with E-state index >= 15 is 0 Å². The fourth-order valence-electron chi connectivity index (χ4n) is 5.48. The summed E-state index contributed by atoms with van der Waals surface area (Å²) in [5, 5.41) is 14.6. The summed E-state index contributed by atoms with van der Waals surface area (Å²) in [6.45, 7) is 16.5. The molecule has 1 saturated carbocycles. The summed E-state index contributed by atoms with van der Waals surface area (Å²) in [5.41, 5.74) is 4.47. The third kappa shape index (κ3) is 3.43. The zero-order chi connectivity index (χ0) is 21.4. The van der Waals surface area contributed by atoms with E-state index < -0.39 is 11.4 Å². The first-order valence-electron chi connectivity index (χ1n) is 10.5. The lowest BCUT2D eigenvalue weighted by atomic mass is 9.49. The third-order valence-corrected chi connectivity index (χ3v) is 7.17. The van der Waals surface area contributed by atoms with Crippen molar-refractivity contribution in [2.75, 3.05) is 6.61 Å². The van der Waals surface area contributed by atoms with Gasteiger partial charge in [-0.2, -0.15) is 0 Å². The number of hydrogen-bond acceptors (Lipinski definition) is 3. The Morgan fingerprint density at radius 2 is 2.07 bits per heavy atom. The molecule has 1 aromatic rings. The molecule has 2 aliphatic carbocycles. The number of carbonyl (C=O) groups is 1. The highest BCUT2D eigenvalue weighted by Crippen LogP contribution is 2.57. The first-order chi connectivity index (χ1) is 13.7. The second kappa shape index (κ2) is 7.81. The van der Waals surface area contributed by atoms with Gasteiger partial charge in [-0.25, -0.2) is 0 Å². The van der Waals surface area contributed by atoms with Crippen LogP contribution in [0.2, 0.25) is 0 Å². The number of oxime groups is 1. The van der Waals surface area contributed by atoms with Crippen LogP contribution in [0.5, 0.6) is 0 Å². The molecule has 156 valence electrons. The number of aliphatic carboxylic acids is 1. The van der Waals surface area contributed by atoms with E-state index in [-0.39, 0.29) is 11.3 Å². The van der Waals surface area contributed by atoms with E-state index in [1.807, 2.05) is 13.0 Å². The predicted molar refractivity (Wildman–Crippen MR) is 118 cm³/mol. The number of hydrogen-bond donors (Lipinski definition) is 1. The quantitative estimate of drug-likeness (QED) is 0.370. The first kappa shape index (κ1) is 21.4. The first-order valence-corrected chi connectivity index (χ1v) is 10.5. The van der Waals surface area contributed by atoms with Crippen molar-refractivity contribution in [3.05, 3.63) is 53.6 Å². The highest BCUT2D eigenvalue weighted by Gasteiger charge is 2.56. The topological polar surface area (TPSA) is 58.9 Å². The Bertz CT molecular complexity index is 869. The summed E-state index contributed by atoms with van der Waals surface area (Å²) in [5.74, 6) is -0.404. The molecule has 4 heteroatoms. The molecule has 1 unspecified atom stereocenters. The molecule has 1 aromatic carbocycles. The monoisotopic (exact) mass is 395 g/mol. The molecule has 0 spiro atoms. The van der Waals surface area contributed by atoms with Gasteiger partial charge < -0.3 is 9.94 Å². The molecular weight excluding hydrogens is 362 g/mol. The van der Waals surface area contributed by atoms with Gasteiger partial charge in [0.05, 0.1) is 11.1 Å². The molecule has 2 aliphatic rings. The summed E-state index contributed by atoms with van der Waals surface area (Å²) < 4.78 is 0. The van der Waals surface area contributed by atoms with E-state index in [0.29, 0.717) is 25.4 Å². The number of rotatable bonds is 6. The van der Waals surface area contributed by atoms with Crippen molar-refractivity contribution in [1.29, 1.82) is 0 Å². The molecule has 0 saturated heterocycles. The minimum atomic E-state index is -0.783. The molecule has 1 N–H and O–H groups in total. The van der Waals surface area contributed by atoms with E-state index in [2.05, 4.69) is 51.2 Å². The molecule has 3 atom stereocenters. The van der Waals surface area contributed by atoms with Crippen molar-refractivity contribution in [3.63, 3.8) is 0 Å². The maximum Gasteiger partial charge on any atom is 0.309 e. The molecular formula is C25H33NO3. The Kier molecular flexibility index (Phi) is 5.75. The average molecular weight is 396 g/mol. The molecule has 0 aromatic heterocycles. The summed E-state index contributed by atoms with van der Waals surface area (Å²) >= 11 is 0. The molecule has 0 bridgehead atoms. The van der Waals surface area contributed by atoms with Crippen LogP contribution in [-0.2, 0) is 15.0 Å². The van der Waals surface area contributed by atoms with Crippen LogP contribution in [0.15, 0.2) is 36.5 Å². The molecule has 0 aliphatic heterocycles. The molecule has 0 amide bonds. The Labute approximate surface area is 174 Å². The Balaban J connectivity index is 2.26. The number of fused-ring (bicyclic) bond motifs is 3. The number of carboxylic acids is 1. The molecule has 1 fully saturated rings. The lowest BCUT2D eigenvalue weighted by molar-refractivity contribution is -0.156. The van der Waals surface area contributed by atoms with Gasteiger partial charge in [-0.05, 0) is 66.2 Å². The maximum atomic E-state index is 12.3. The maximum absolute atomic E-state index is 12.3. The fourth-order valence-corrected chi connectivity index (χ4v) is 5.48. The summed E-state index contributed by atoms with van der Waals surface area (Å²) in [6, 6.07) is 4.45. The Morgan fingerprint density at radius 1 is 1.34 bits per heavy atom. The number of nitrogens with zero attached hydrogens (tertiary/aromatic N) is 1. The van der Waals surface area contributed by atoms with Crippen LogP contribution in [0, 0.1) is 11.3 Å². The van der Waals surface area contributed by atoms with Crippen molar-refractivity contribution < 1.29 is 14.7 Å². The predicted octanol–water partition coefficient (Wildman–Crippen LogP) is 5.91. The molecule has 0 heterocycles. The van der Waals surface area contributed by atoms with E-state index in [9.17, 15) is 9.90 Å². The van der Waals surface area contributed by atoms with Crippen molar-refractivity contribution in [2.45, 2.75) is 64.7 Å². The van der Waals surface area contributed by atoms with Gasteiger partial charge in [-0.1, -0.05) is 63.7 Å². The van der Waals surface area contributed by atoms with Gasteiger partial charge in [-0.15, -0.1) is 0 Å². The zero-order valence-corrected chi connectivity index (χ0v) is 18.1.